The van der Waals surface area contributed by atoms with Crippen molar-refractivity contribution in [3.05, 3.63) is 51.9 Å². The maximum absolute atomic E-state index is 12.7. The third-order valence-corrected chi connectivity index (χ3v) is 6.83. The minimum absolute atomic E-state index is 0.0959. The van der Waals surface area contributed by atoms with Crippen LogP contribution in [-0.4, -0.2) is 62.2 Å². The molecule has 2 heterocycles. The number of carbonyl (C=O) groups excluding carboxylic acids is 2. The summed E-state index contributed by atoms with van der Waals surface area (Å²) >= 11 is 8.91. The number of nitrogens with zero attached hydrogens (tertiary/aromatic N) is 2. The van der Waals surface area contributed by atoms with E-state index < -0.39 is 15.9 Å². The molecule has 0 spiro atoms. The normalized spacial score (nSPS) is 15.4. The first-order valence-corrected chi connectivity index (χ1v) is 11.0. The molecule has 2 aromatic rings. The Labute approximate surface area is 175 Å². The number of sulfonamides is 1. The first-order valence-electron chi connectivity index (χ1n) is 8.34. The Balaban J connectivity index is 1.52. The van der Waals surface area contributed by atoms with Crippen LogP contribution in [0.25, 0.3) is 0 Å². The number of hydrogen-bond donors (Lipinski definition) is 1. The Morgan fingerprint density at radius 1 is 1.07 bits per heavy atom. The molecule has 0 aliphatic carbocycles. The molecule has 150 valence electrons. The van der Waals surface area contributed by atoms with Gasteiger partial charge in [-0.1, -0.05) is 11.6 Å². The Hall–Kier alpha value is -1.88. The first kappa shape index (κ1) is 20.8. The lowest BCUT2D eigenvalue weighted by Gasteiger charge is -2.34. The van der Waals surface area contributed by atoms with Gasteiger partial charge in [0.05, 0.1) is 11.4 Å². The highest BCUT2D eigenvalue weighted by Gasteiger charge is 2.30. The zero-order valence-electron chi connectivity index (χ0n) is 14.6. The number of amides is 2. The van der Waals surface area contributed by atoms with Crippen molar-refractivity contribution >= 4 is 49.4 Å². The van der Waals surface area contributed by atoms with Gasteiger partial charge in [-0.15, -0.1) is 0 Å². The maximum atomic E-state index is 12.7. The van der Waals surface area contributed by atoms with E-state index in [1.807, 2.05) is 0 Å². The summed E-state index contributed by atoms with van der Waals surface area (Å²) < 4.78 is 32.2. The summed E-state index contributed by atoms with van der Waals surface area (Å²) in [5.41, 5.74) is 0. The van der Waals surface area contributed by atoms with Crippen LogP contribution in [0.2, 0.25) is 5.02 Å². The van der Waals surface area contributed by atoms with Crippen LogP contribution in [-0.2, 0) is 14.8 Å². The molecule has 0 atom stereocenters. The van der Waals surface area contributed by atoms with Gasteiger partial charge in [-0.05, 0) is 52.3 Å². The van der Waals surface area contributed by atoms with Crippen molar-refractivity contribution in [1.82, 2.24) is 14.5 Å². The Bertz CT molecular complexity index is 969. The second kappa shape index (κ2) is 8.64. The minimum atomic E-state index is -3.64. The fourth-order valence-electron chi connectivity index (χ4n) is 2.72. The van der Waals surface area contributed by atoms with Gasteiger partial charge in [0.1, 0.15) is 0 Å². The standard InChI is InChI=1S/C17H17BrClN3O5S/c18-15-6-5-14(27-15)17(24)20-11-16(23)21-7-9-22(10-8-21)28(25,26)13-3-1-12(19)2-4-13/h1-6H,7-11H2,(H,20,24). The van der Waals surface area contributed by atoms with Gasteiger partial charge in [0, 0.05) is 31.2 Å². The molecule has 1 fully saturated rings. The number of halogens is 2. The molecule has 1 N–H and O–H groups in total. The smallest absolute Gasteiger partial charge is 0.287 e. The van der Waals surface area contributed by atoms with Gasteiger partial charge in [0.2, 0.25) is 15.9 Å². The Kier molecular flexibility index (Phi) is 6.43. The van der Waals surface area contributed by atoms with E-state index in [1.54, 1.807) is 6.07 Å². The Morgan fingerprint density at radius 2 is 1.71 bits per heavy atom. The van der Waals surface area contributed by atoms with E-state index in [4.69, 9.17) is 16.0 Å². The second-order valence-electron chi connectivity index (χ2n) is 6.03. The van der Waals surface area contributed by atoms with Crippen LogP contribution in [0, 0.1) is 0 Å². The zero-order chi connectivity index (χ0) is 20.3. The summed E-state index contributed by atoms with van der Waals surface area (Å²) in [5, 5.41) is 2.95. The van der Waals surface area contributed by atoms with Gasteiger partial charge in [-0.2, -0.15) is 4.31 Å². The molecule has 1 aliphatic rings. The predicted octanol–water partition coefficient (Wildman–Crippen LogP) is 1.96. The van der Waals surface area contributed by atoms with Crippen molar-refractivity contribution in [2.75, 3.05) is 32.7 Å². The van der Waals surface area contributed by atoms with Crippen LogP contribution in [0.15, 0.2) is 50.4 Å². The third kappa shape index (κ3) is 4.75. The number of nitrogens with one attached hydrogen (secondary N) is 1. The van der Waals surface area contributed by atoms with Gasteiger partial charge in [0.15, 0.2) is 10.4 Å². The molecule has 28 heavy (non-hydrogen) atoms. The number of piperazine rings is 1. The molecule has 0 bridgehead atoms. The van der Waals surface area contributed by atoms with Crippen molar-refractivity contribution in [1.29, 1.82) is 0 Å². The Morgan fingerprint density at radius 3 is 2.29 bits per heavy atom. The van der Waals surface area contributed by atoms with E-state index >= 15 is 0 Å². The van der Waals surface area contributed by atoms with Gasteiger partial charge in [-0.25, -0.2) is 8.42 Å². The molecule has 1 aliphatic heterocycles. The molecular weight excluding hydrogens is 474 g/mol. The summed E-state index contributed by atoms with van der Waals surface area (Å²) in [6.07, 6.45) is 0. The summed E-state index contributed by atoms with van der Waals surface area (Å²) in [6.45, 7) is 0.647. The highest BCUT2D eigenvalue weighted by molar-refractivity contribution is 9.10. The van der Waals surface area contributed by atoms with E-state index in [-0.39, 0.29) is 49.3 Å². The topological polar surface area (TPSA) is 99.9 Å². The minimum Gasteiger partial charge on any atom is -0.444 e. The molecule has 1 aromatic carbocycles. The molecule has 11 heteroatoms. The molecule has 8 nitrogen and oxygen atoms in total. The van der Waals surface area contributed by atoms with Crippen molar-refractivity contribution in [2.24, 2.45) is 0 Å². The van der Waals surface area contributed by atoms with Gasteiger partial charge in [-0.3, -0.25) is 9.59 Å². The van der Waals surface area contributed by atoms with Crippen molar-refractivity contribution in [3.8, 4) is 0 Å². The van der Waals surface area contributed by atoms with Crippen molar-refractivity contribution in [2.45, 2.75) is 4.90 Å². The molecule has 3 rings (SSSR count). The number of benzene rings is 1. The monoisotopic (exact) mass is 489 g/mol. The van der Waals surface area contributed by atoms with Crippen LogP contribution in [0.3, 0.4) is 0 Å². The lowest BCUT2D eigenvalue weighted by Crippen LogP contribution is -2.52. The van der Waals surface area contributed by atoms with Crippen LogP contribution in [0.5, 0.6) is 0 Å². The quantitative estimate of drug-likeness (QED) is 0.691. The average Bonchev–Trinajstić information content (AvgIpc) is 3.13. The third-order valence-electron chi connectivity index (χ3n) is 4.24. The van der Waals surface area contributed by atoms with Crippen LogP contribution in [0.4, 0.5) is 0 Å². The van der Waals surface area contributed by atoms with E-state index in [2.05, 4.69) is 21.2 Å². The summed E-state index contributed by atoms with van der Waals surface area (Å²) in [6, 6.07) is 9.03. The van der Waals surface area contributed by atoms with Crippen LogP contribution in [0.1, 0.15) is 10.6 Å². The number of rotatable bonds is 5. The lowest BCUT2D eigenvalue weighted by atomic mass is 10.3. The largest absolute Gasteiger partial charge is 0.444 e. The van der Waals surface area contributed by atoms with E-state index in [9.17, 15) is 18.0 Å². The summed E-state index contributed by atoms with van der Waals surface area (Å²) in [4.78, 5) is 25.9. The average molecular weight is 491 g/mol. The molecule has 0 radical (unpaired) electrons. The maximum Gasteiger partial charge on any atom is 0.287 e. The SMILES string of the molecule is O=C(NCC(=O)N1CCN(S(=O)(=O)c2ccc(Cl)cc2)CC1)c1ccc(Br)o1. The van der Waals surface area contributed by atoms with Crippen LogP contribution >= 0.6 is 27.5 Å². The number of carbonyl (C=O) groups is 2. The van der Waals surface area contributed by atoms with E-state index in [0.29, 0.717) is 9.69 Å². The highest BCUT2D eigenvalue weighted by atomic mass is 79.9. The second-order valence-corrected chi connectivity index (χ2v) is 9.18. The molecule has 1 saturated heterocycles. The summed E-state index contributed by atoms with van der Waals surface area (Å²) in [7, 11) is -3.64. The van der Waals surface area contributed by atoms with E-state index in [0.717, 1.165) is 0 Å². The zero-order valence-corrected chi connectivity index (χ0v) is 17.8. The highest BCUT2D eigenvalue weighted by Crippen LogP contribution is 2.20. The fourth-order valence-corrected chi connectivity index (χ4v) is 4.58. The molecule has 0 saturated carbocycles. The van der Waals surface area contributed by atoms with Crippen molar-refractivity contribution < 1.29 is 22.4 Å². The molecule has 2 amide bonds. The van der Waals surface area contributed by atoms with Gasteiger partial charge in [0.25, 0.3) is 5.91 Å². The van der Waals surface area contributed by atoms with Gasteiger partial charge >= 0.3 is 0 Å². The molecular formula is C17H17BrClN3O5S. The summed E-state index contributed by atoms with van der Waals surface area (Å²) in [5.74, 6) is -0.691. The van der Waals surface area contributed by atoms with Crippen molar-refractivity contribution in [3.63, 3.8) is 0 Å². The fraction of sp³-hybridized carbons (Fsp3) is 0.294. The number of hydrogen-bond acceptors (Lipinski definition) is 5. The predicted molar refractivity (Wildman–Crippen MR) is 106 cm³/mol. The van der Waals surface area contributed by atoms with Crippen LogP contribution < -0.4 is 5.32 Å². The molecule has 0 unspecified atom stereocenters. The number of furan rings is 1. The molecule has 1 aromatic heterocycles. The lowest BCUT2D eigenvalue weighted by molar-refractivity contribution is -0.131. The van der Waals surface area contributed by atoms with Gasteiger partial charge < -0.3 is 14.6 Å². The van der Waals surface area contributed by atoms with E-state index in [1.165, 1.54) is 39.5 Å². The first-order chi connectivity index (χ1) is 13.3.